The van der Waals surface area contributed by atoms with E-state index in [0.29, 0.717) is 10.2 Å². The summed E-state index contributed by atoms with van der Waals surface area (Å²) in [6, 6.07) is 5.38. The normalized spacial score (nSPS) is 12.1. The van der Waals surface area contributed by atoms with Crippen LogP contribution in [-0.2, 0) is 6.18 Å². The molecule has 86 valence electrons. The van der Waals surface area contributed by atoms with Crippen molar-refractivity contribution < 1.29 is 13.2 Å². The van der Waals surface area contributed by atoms with Crippen LogP contribution in [0.25, 0.3) is 0 Å². The third-order valence-corrected chi connectivity index (χ3v) is 1.95. The Morgan fingerprint density at radius 3 is 2.00 bits per heavy atom. The van der Waals surface area contributed by atoms with Gasteiger partial charge in [0.25, 0.3) is 0 Å². The number of quaternary nitrogens is 1. The summed E-state index contributed by atoms with van der Waals surface area (Å²) in [5.74, 6) is 0. The molecule has 0 radical (unpaired) electrons. The molecule has 0 N–H and O–H groups in total. The van der Waals surface area contributed by atoms with Crippen molar-refractivity contribution in [2.45, 2.75) is 6.18 Å². The zero-order valence-electron chi connectivity index (χ0n) is 8.80. The molecule has 5 heteroatoms. The third-order valence-electron chi connectivity index (χ3n) is 1.95. The Hall–Kier alpha value is -0.300. The van der Waals surface area contributed by atoms with Gasteiger partial charge in [-0.2, -0.15) is 13.2 Å². The van der Waals surface area contributed by atoms with E-state index in [-0.39, 0.29) is 24.0 Å². The van der Waals surface area contributed by atoms with Crippen LogP contribution in [0.4, 0.5) is 18.9 Å². The Balaban J connectivity index is 0.00000196. The average molecular weight is 332 g/mol. The van der Waals surface area contributed by atoms with Crippen molar-refractivity contribution in [2.24, 2.45) is 0 Å². The van der Waals surface area contributed by atoms with Crippen molar-refractivity contribution in [3.05, 3.63) is 29.8 Å². The average Bonchev–Trinajstić information content (AvgIpc) is 2.01. The maximum Gasteiger partial charge on any atom is 0.416 e. The van der Waals surface area contributed by atoms with Crippen LogP contribution in [0.15, 0.2) is 24.3 Å². The second-order valence-electron chi connectivity index (χ2n) is 4.06. The van der Waals surface area contributed by atoms with Gasteiger partial charge in [-0.3, -0.25) is 4.48 Å². The molecule has 0 saturated carbocycles. The molecule has 0 atom stereocenters. The number of benzene rings is 1. The Kier molecular flexibility index (Phi) is 4.60. The minimum Gasteiger partial charge on any atom is -0.298 e. The van der Waals surface area contributed by atoms with Gasteiger partial charge >= 0.3 is 6.18 Å². The summed E-state index contributed by atoms with van der Waals surface area (Å²) in [4.78, 5) is 0. The zero-order chi connectivity index (χ0) is 11.0. The molecular weight excluding hydrogens is 318 g/mol. The molecule has 0 aromatic heterocycles. The monoisotopic (exact) mass is 332 g/mol. The van der Waals surface area contributed by atoms with Gasteiger partial charge in [0, 0.05) is 6.07 Å². The Bertz CT molecular complexity index is 299. The fourth-order valence-corrected chi connectivity index (χ4v) is 1.10. The van der Waals surface area contributed by atoms with Crippen molar-refractivity contribution in [3.8, 4) is 0 Å². The molecule has 0 heterocycles. The molecule has 0 aliphatic heterocycles. The molecule has 0 fully saturated rings. The van der Waals surface area contributed by atoms with E-state index in [2.05, 4.69) is 0 Å². The first kappa shape index (κ1) is 14.7. The van der Waals surface area contributed by atoms with Gasteiger partial charge in [-0.05, 0) is 12.1 Å². The second-order valence-corrected chi connectivity index (χ2v) is 4.06. The number of alkyl halides is 3. The molecule has 1 rings (SSSR count). The van der Waals surface area contributed by atoms with E-state index in [1.165, 1.54) is 12.1 Å². The number of rotatable bonds is 1. The second kappa shape index (κ2) is 4.69. The first-order valence-electron chi connectivity index (χ1n) is 4.20. The molecule has 0 saturated heterocycles. The Morgan fingerprint density at radius 2 is 1.60 bits per heavy atom. The highest BCUT2D eigenvalue weighted by Crippen LogP contribution is 2.32. The van der Waals surface area contributed by atoms with E-state index in [4.69, 9.17) is 0 Å². The van der Waals surface area contributed by atoms with Crippen LogP contribution < -0.4 is 4.48 Å². The lowest BCUT2D eigenvalue weighted by Gasteiger charge is -2.24. The predicted octanol–water partition coefficient (Wildman–Crippen LogP) is 3.52. The summed E-state index contributed by atoms with van der Waals surface area (Å²) < 4.78 is 37.4. The maximum absolute atomic E-state index is 12.3. The van der Waals surface area contributed by atoms with Crippen LogP contribution in [0, 0.1) is 0 Å². The quantitative estimate of drug-likeness (QED) is 0.545. The highest BCUT2D eigenvalue weighted by Gasteiger charge is 2.31. The lowest BCUT2D eigenvalue weighted by molar-refractivity contribution is -0.137. The number of halogens is 4. The standard InChI is InChI=1S/C10H13F3N.HI/c1-14(2,3)9-6-4-5-8(7-9)10(11,12)13;/h4-7H,1-3H3;1H/q+1;. The molecule has 1 nitrogen and oxygen atoms in total. The summed E-state index contributed by atoms with van der Waals surface area (Å²) in [6.07, 6.45) is -4.26. The van der Waals surface area contributed by atoms with Crippen LogP contribution in [0.5, 0.6) is 0 Å². The topological polar surface area (TPSA) is 0 Å². The highest BCUT2D eigenvalue weighted by molar-refractivity contribution is 14.0. The molecule has 15 heavy (non-hydrogen) atoms. The Morgan fingerprint density at radius 1 is 1.07 bits per heavy atom. The van der Waals surface area contributed by atoms with Crippen molar-refractivity contribution in [3.63, 3.8) is 0 Å². The van der Waals surface area contributed by atoms with Gasteiger partial charge in [-0.25, -0.2) is 0 Å². The number of hydrogen-bond acceptors (Lipinski definition) is 0. The summed E-state index contributed by atoms with van der Waals surface area (Å²) in [5, 5.41) is 0. The Labute approximate surface area is 105 Å². The SMILES string of the molecule is C[N+](C)(C)c1cccc(C(F)(F)F)c1.I. The molecule has 0 unspecified atom stereocenters. The van der Waals surface area contributed by atoms with Crippen molar-refractivity contribution in [2.75, 3.05) is 21.1 Å². The molecule has 0 spiro atoms. The third kappa shape index (κ3) is 3.98. The maximum atomic E-state index is 12.3. The molecule has 0 aliphatic carbocycles. The van der Waals surface area contributed by atoms with Crippen molar-refractivity contribution in [1.29, 1.82) is 0 Å². The summed E-state index contributed by atoms with van der Waals surface area (Å²) in [5.41, 5.74) is 0.0443. The van der Waals surface area contributed by atoms with Gasteiger partial charge in [0.15, 0.2) is 0 Å². The highest BCUT2D eigenvalue weighted by atomic mass is 127. The van der Waals surface area contributed by atoms with Gasteiger partial charge in [0.1, 0.15) is 5.69 Å². The summed E-state index contributed by atoms with van der Waals surface area (Å²) >= 11 is 0. The summed E-state index contributed by atoms with van der Waals surface area (Å²) in [6.45, 7) is 0. The minimum absolute atomic E-state index is 0. The number of hydrogen-bond donors (Lipinski definition) is 0. The first-order valence-corrected chi connectivity index (χ1v) is 4.20. The van der Waals surface area contributed by atoms with Crippen molar-refractivity contribution >= 4 is 29.7 Å². The van der Waals surface area contributed by atoms with E-state index < -0.39 is 11.7 Å². The minimum atomic E-state index is -4.26. The zero-order valence-corrected chi connectivity index (χ0v) is 11.1. The van der Waals surface area contributed by atoms with Gasteiger partial charge in [0.05, 0.1) is 26.7 Å². The van der Waals surface area contributed by atoms with Gasteiger partial charge in [0.2, 0.25) is 0 Å². The molecule has 0 bridgehead atoms. The van der Waals surface area contributed by atoms with Crippen LogP contribution in [0.1, 0.15) is 5.56 Å². The smallest absolute Gasteiger partial charge is 0.298 e. The molecule has 0 amide bonds. The fraction of sp³-hybridized carbons (Fsp3) is 0.400. The molecule has 0 aliphatic rings. The summed E-state index contributed by atoms with van der Waals surface area (Å²) in [7, 11) is 5.49. The predicted molar refractivity (Wildman–Crippen MR) is 66.4 cm³/mol. The molecular formula is C10H14F3IN+. The van der Waals surface area contributed by atoms with Gasteiger partial charge in [-0.15, -0.1) is 24.0 Å². The van der Waals surface area contributed by atoms with Gasteiger partial charge in [-0.1, -0.05) is 6.07 Å². The van der Waals surface area contributed by atoms with Crippen LogP contribution >= 0.6 is 24.0 Å². The van der Waals surface area contributed by atoms with E-state index in [9.17, 15) is 13.2 Å². The lowest BCUT2D eigenvalue weighted by atomic mass is 10.2. The number of nitrogens with zero attached hydrogens (tertiary/aromatic N) is 1. The van der Waals surface area contributed by atoms with E-state index in [0.717, 1.165) is 6.07 Å². The van der Waals surface area contributed by atoms with E-state index in [1.54, 1.807) is 6.07 Å². The lowest BCUT2D eigenvalue weighted by Crippen LogP contribution is -2.34. The molecule has 1 aromatic carbocycles. The van der Waals surface area contributed by atoms with Crippen LogP contribution in [-0.4, -0.2) is 21.1 Å². The van der Waals surface area contributed by atoms with Gasteiger partial charge < -0.3 is 0 Å². The van der Waals surface area contributed by atoms with E-state index in [1.807, 2.05) is 21.1 Å². The fourth-order valence-electron chi connectivity index (χ4n) is 1.10. The largest absolute Gasteiger partial charge is 0.416 e. The van der Waals surface area contributed by atoms with Crippen LogP contribution in [0.2, 0.25) is 0 Å². The van der Waals surface area contributed by atoms with Crippen LogP contribution in [0.3, 0.4) is 0 Å². The van der Waals surface area contributed by atoms with Crippen molar-refractivity contribution in [1.82, 2.24) is 4.48 Å². The molecule has 1 aromatic rings. The van der Waals surface area contributed by atoms with E-state index >= 15 is 0 Å². The first-order chi connectivity index (χ1) is 6.21.